The Hall–Kier alpha value is -2.66. The van der Waals surface area contributed by atoms with Crippen LogP contribution >= 0.6 is 11.6 Å². The Morgan fingerprint density at radius 3 is 2.30 bits per heavy atom. The van der Waals surface area contributed by atoms with Crippen molar-refractivity contribution in [2.45, 2.75) is 25.8 Å². The first-order chi connectivity index (χ1) is 14.5. The SMILES string of the molecule is CN(Cc1ccccc1)C(=O)c1cc(N2C(=O)[C@@H]3[C@H]4CC[C@@H](C4)[C@@H]3C2=O)ccc1Cl. The van der Waals surface area contributed by atoms with Gasteiger partial charge in [0, 0.05) is 13.6 Å². The summed E-state index contributed by atoms with van der Waals surface area (Å²) in [5, 5.41) is 0.308. The average molecular weight is 423 g/mol. The van der Waals surface area contributed by atoms with Gasteiger partial charge in [-0.2, -0.15) is 0 Å². The van der Waals surface area contributed by atoms with Gasteiger partial charge in [-0.3, -0.25) is 19.3 Å². The maximum atomic E-state index is 13.1. The zero-order valence-electron chi connectivity index (χ0n) is 16.8. The Bertz CT molecular complexity index is 1010. The number of benzene rings is 2. The molecule has 2 aliphatic carbocycles. The monoisotopic (exact) mass is 422 g/mol. The predicted octanol–water partition coefficient (Wildman–Crippen LogP) is 4.15. The molecule has 3 aliphatic rings. The lowest BCUT2D eigenvalue weighted by atomic mass is 9.81. The van der Waals surface area contributed by atoms with E-state index in [9.17, 15) is 14.4 Å². The van der Waals surface area contributed by atoms with Gasteiger partial charge in [-0.05, 0) is 54.9 Å². The number of hydrogen-bond donors (Lipinski definition) is 0. The highest BCUT2D eigenvalue weighted by atomic mass is 35.5. The summed E-state index contributed by atoms with van der Waals surface area (Å²) in [6.45, 7) is 0.440. The fourth-order valence-electron chi connectivity index (χ4n) is 5.61. The molecule has 3 amide bonds. The maximum Gasteiger partial charge on any atom is 0.255 e. The number of anilines is 1. The molecule has 2 aromatic rings. The van der Waals surface area contributed by atoms with Crippen LogP contribution in [0.15, 0.2) is 48.5 Å². The first-order valence-electron chi connectivity index (χ1n) is 10.4. The van der Waals surface area contributed by atoms with Gasteiger partial charge in [0.15, 0.2) is 0 Å². The average Bonchev–Trinajstić information content (AvgIpc) is 3.43. The fraction of sp³-hybridized carbons (Fsp3) is 0.375. The van der Waals surface area contributed by atoms with E-state index in [1.165, 1.54) is 4.90 Å². The number of carbonyl (C=O) groups excluding carboxylic acids is 3. The number of rotatable bonds is 4. The van der Waals surface area contributed by atoms with Crippen molar-refractivity contribution in [1.29, 1.82) is 0 Å². The number of imide groups is 1. The molecule has 4 atom stereocenters. The van der Waals surface area contributed by atoms with Crippen LogP contribution in [0.4, 0.5) is 5.69 Å². The molecule has 1 aliphatic heterocycles. The minimum atomic E-state index is -0.245. The lowest BCUT2D eigenvalue weighted by Crippen LogP contribution is -2.33. The van der Waals surface area contributed by atoms with Crippen LogP contribution in [0, 0.1) is 23.7 Å². The van der Waals surface area contributed by atoms with Crippen LogP contribution in [-0.4, -0.2) is 29.7 Å². The normalized spacial score (nSPS) is 26.9. The highest BCUT2D eigenvalue weighted by molar-refractivity contribution is 6.34. The molecule has 0 spiro atoms. The molecule has 30 heavy (non-hydrogen) atoms. The van der Waals surface area contributed by atoms with Crippen molar-refractivity contribution in [2.24, 2.45) is 23.7 Å². The highest BCUT2D eigenvalue weighted by Crippen LogP contribution is 2.56. The summed E-state index contributed by atoms with van der Waals surface area (Å²) in [4.78, 5) is 42.2. The minimum absolute atomic E-state index is 0.115. The van der Waals surface area contributed by atoms with Crippen molar-refractivity contribution in [1.82, 2.24) is 4.90 Å². The van der Waals surface area contributed by atoms with Crippen molar-refractivity contribution in [2.75, 3.05) is 11.9 Å². The van der Waals surface area contributed by atoms with Gasteiger partial charge in [0.1, 0.15) is 0 Å². The lowest BCUT2D eigenvalue weighted by molar-refractivity contribution is -0.123. The Morgan fingerprint density at radius 2 is 1.67 bits per heavy atom. The molecule has 2 saturated carbocycles. The summed E-state index contributed by atoms with van der Waals surface area (Å²) in [6.07, 6.45) is 3.07. The van der Waals surface area contributed by atoms with Crippen LogP contribution < -0.4 is 4.90 Å². The zero-order valence-corrected chi connectivity index (χ0v) is 17.5. The van der Waals surface area contributed by atoms with Crippen LogP contribution in [0.25, 0.3) is 0 Å². The standard InChI is InChI=1S/C24H23ClN2O3/c1-26(13-14-5-3-2-4-6-14)22(28)18-12-17(9-10-19(18)25)27-23(29)20-15-7-8-16(11-15)21(20)24(27)30/h2-6,9-10,12,15-16,20-21H,7-8,11,13H2,1H3/t15-,16-,20-,21+/m0/s1. The summed E-state index contributed by atoms with van der Waals surface area (Å²) in [7, 11) is 1.71. The summed E-state index contributed by atoms with van der Waals surface area (Å²) < 4.78 is 0. The molecule has 0 radical (unpaired) electrons. The molecule has 2 aromatic carbocycles. The van der Waals surface area contributed by atoms with Gasteiger partial charge in [-0.15, -0.1) is 0 Å². The molecule has 5 rings (SSSR count). The number of hydrogen-bond acceptors (Lipinski definition) is 3. The third-order valence-corrected chi connectivity index (χ3v) is 7.30. The van der Waals surface area contributed by atoms with Gasteiger partial charge in [-0.1, -0.05) is 41.9 Å². The molecule has 154 valence electrons. The number of amides is 3. The van der Waals surface area contributed by atoms with E-state index >= 15 is 0 Å². The van der Waals surface area contributed by atoms with Gasteiger partial charge in [0.05, 0.1) is 28.1 Å². The van der Waals surface area contributed by atoms with Crippen LogP contribution in [0.3, 0.4) is 0 Å². The summed E-state index contributed by atoms with van der Waals surface area (Å²) in [5.74, 6) is -0.200. The van der Waals surface area contributed by atoms with Crippen molar-refractivity contribution >= 4 is 35.0 Å². The van der Waals surface area contributed by atoms with E-state index in [0.717, 1.165) is 24.8 Å². The smallest absolute Gasteiger partial charge is 0.255 e. The molecular formula is C24H23ClN2O3. The van der Waals surface area contributed by atoms with E-state index in [1.807, 2.05) is 30.3 Å². The van der Waals surface area contributed by atoms with Gasteiger partial charge < -0.3 is 4.90 Å². The van der Waals surface area contributed by atoms with E-state index in [1.54, 1.807) is 30.1 Å². The van der Waals surface area contributed by atoms with E-state index in [-0.39, 0.29) is 29.6 Å². The van der Waals surface area contributed by atoms with E-state index in [0.29, 0.717) is 34.7 Å². The number of nitrogens with zero attached hydrogens (tertiary/aromatic N) is 2. The minimum Gasteiger partial charge on any atom is -0.337 e. The van der Waals surface area contributed by atoms with Crippen molar-refractivity contribution in [3.63, 3.8) is 0 Å². The second kappa shape index (κ2) is 7.24. The Labute approximate surface area is 180 Å². The Kier molecular flexibility index (Phi) is 4.66. The van der Waals surface area contributed by atoms with Gasteiger partial charge in [0.2, 0.25) is 11.8 Å². The van der Waals surface area contributed by atoms with Crippen LogP contribution in [0.5, 0.6) is 0 Å². The Balaban J connectivity index is 1.42. The molecular weight excluding hydrogens is 400 g/mol. The third-order valence-electron chi connectivity index (χ3n) is 6.98. The number of halogens is 1. The van der Waals surface area contributed by atoms with Crippen LogP contribution in [0.1, 0.15) is 35.2 Å². The predicted molar refractivity (Wildman–Crippen MR) is 114 cm³/mol. The van der Waals surface area contributed by atoms with Crippen LogP contribution in [0.2, 0.25) is 5.02 Å². The highest BCUT2D eigenvalue weighted by Gasteiger charge is 2.61. The maximum absolute atomic E-state index is 13.1. The van der Waals surface area contributed by atoms with Crippen LogP contribution in [-0.2, 0) is 16.1 Å². The quantitative estimate of drug-likeness (QED) is 0.695. The Morgan fingerprint density at radius 1 is 1.03 bits per heavy atom. The molecule has 1 heterocycles. The topological polar surface area (TPSA) is 57.7 Å². The summed E-state index contributed by atoms with van der Waals surface area (Å²) in [5.41, 5.74) is 1.75. The van der Waals surface area contributed by atoms with E-state index < -0.39 is 0 Å². The van der Waals surface area contributed by atoms with Gasteiger partial charge in [0.25, 0.3) is 5.91 Å². The van der Waals surface area contributed by atoms with Crippen molar-refractivity contribution < 1.29 is 14.4 Å². The second-order valence-electron chi connectivity index (χ2n) is 8.71. The van der Waals surface area contributed by atoms with Gasteiger partial charge >= 0.3 is 0 Å². The molecule has 5 nitrogen and oxygen atoms in total. The number of carbonyl (C=O) groups is 3. The van der Waals surface area contributed by atoms with E-state index in [4.69, 9.17) is 11.6 Å². The molecule has 2 bridgehead atoms. The molecule has 0 N–H and O–H groups in total. The first kappa shape index (κ1) is 19.3. The van der Waals surface area contributed by atoms with Crippen molar-refractivity contribution in [3.05, 3.63) is 64.7 Å². The molecule has 0 aromatic heterocycles. The molecule has 1 saturated heterocycles. The largest absolute Gasteiger partial charge is 0.337 e. The van der Waals surface area contributed by atoms with Crippen molar-refractivity contribution in [3.8, 4) is 0 Å². The molecule has 0 unspecified atom stereocenters. The second-order valence-corrected chi connectivity index (χ2v) is 9.11. The summed E-state index contributed by atoms with van der Waals surface area (Å²) >= 11 is 6.33. The lowest BCUT2D eigenvalue weighted by Gasteiger charge is -2.21. The summed E-state index contributed by atoms with van der Waals surface area (Å²) in [6, 6.07) is 14.5. The zero-order chi connectivity index (χ0) is 21.0. The number of fused-ring (bicyclic) bond motifs is 5. The van der Waals surface area contributed by atoms with Gasteiger partial charge in [-0.25, -0.2) is 0 Å². The van der Waals surface area contributed by atoms with E-state index in [2.05, 4.69) is 0 Å². The third kappa shape index (κ3) is 2.95. The fourth-order valence-corrected chi connectivity index (χ4v) is 5.81. The first-order valence-corrected chi connectivity index (χ1v) is 10.8. The molecule has 3 fully saturated rings. The molecule has 6 heteroatoms.